The lowest BCUT2D eigenvalue weighted by molar-refractivity contribution is 0.0231. The number of halogens is 1. The second kappa shape index (κ2) is 9.77. The second-order valence-electron chi connectivity index (χ2n) is 10.3. The molecule has 0 aromatic carbocycles. The zero-order valence-electron chi connectivity index (χ0n) is 20.5. The molecule has 2 aliphatic rings. The van der Waals surface area contributed by atoms with Crippen molar-refractivity contribution in [3.05, 3.63) is 51.5 Å². The number of ether oxygens (including phenoxy) is 2. The molecule has 2 amide bonds. The van der Waals surface area contributed by atoms with Crippen LogP contribution in [0.3, 0.4) is 0 Å². The van der Waals surface area contributed by atoms with Gasteiger partial charge in [0.2, 0.25) is 0 Å². The first-order chi connectivity index (χ1) is 15.7. The number of pyridine rings is 2. The predicted molar refractivity (Wildman–Crippen MR) is 132 cm³/mol. The molecule has 34 heavy (non-hydrogen) atoms. The van der Waals surface area contributed by atoms with Gasteiger partial charge < -0.3 is 15.2 Å². The Balaban J connectivity index is 0.000000191. The quantitative estimate of drug-likeness (QED) is 0.506. The monoisotopic (exact) mass is 533 g/mol. The zero-order valence-corrected chi connectivity index (χ0v) is 22.1. The van der Waals surface area contributed by atoms with Gasteiger partial charge in [-0.25, -0.2) is 9.59 Å². The molecule has 2 aromatic rings. The van der Waals surface area contributed by atoms with Gasteiger partial charge in [-0.15, -0.1) is 0 Å². The summed E-state index contributed by atoms with van der Waals surface area (Å²) >= 11 is 3.37. The summed E-state index contributed by atoms with van der Waals surface area (Å²) in [5.41, 5.74) is 9.25. The first-order valence-electron chi connectivity index (χ1n) is 11.0. The van der Waals surface area contributed by atoms with Crippen molar-refractivity contribution in [1.29, 1.82) is 0 Å². The highest BCUT2D eigenvalue weighted by Gasteiger charge is 2.29. The van der Waals surface area contributed by atoms with Gasteiger partial charge in [-0.05, 0) is 80.7 Å². The minimum absolute atomic E-state index is 0.286. The highest BCUT2D eigenvalue weighted by atomic mass is 79.9. The summed E-state index contributed by atoms with van der Waals surface area (Å²) < 4.78 is 11.6. The van der Waals surface area contributed by atoms with Gasteiger partial charge in [-0.3, -0.25) is 19.8 Å². The summed E-state index contributed by atoms with van der Waals surface area (Å²) in [4.78, 5) is 35.5. The average Bonchev–Trinajstić information content (AvgIpc) is 3.29. The van der Waals surface area contributed by atoms with E-state index < -0.39 is 11.2 Å². The average molecular weight is 534 g/mol. The van der Waals surface area contributed by atoms with Crippen LogP contribution in [0.4, 0.5) is 15.3 Å². The molecule has 0 unspecified atom stereocenters. The number of nitrogens with zero attached hydrogens (tertiary/aromatic N) is 4. The third-order valence-corrected chi connectivity index (χ3v) is 5.25. The van der Waals surface area contributed by atoms with Crippen molar-refractivity contribution in [3.63, 3.8) is 0 Å². The summed E-state index contributed by atoms with van der Waals surface area (Å²) in [7, 11) is 0. The molecule has 2 N–H and O–H groups in total. The van der Waals surface area contributed by atoms with Crippen LogP contribution in [-0.2, 0) is 35.7 Å². The summed E-state index contributed by atoms with van der Waals surface area (Å²) in [5.74, 6) is 0. The first kappa shape index (κ1) is 25.7. The molecule has 0 fully saturated rings. The largest absolute Gasteiger partial charge is 0.444 e. The van der Waals surface area contributed by atoms with Crippen LogP contribution in [0.2, 0.25) is 0 Å². The van der Waals surface area contributed by atoms with Crippen molar-refractivity contribution in [2.45, 2.75) is 78.9 Å². The Hall–Kier alpha value is -2.88. The number of aromatic nitrogens is 2. The maximum Gasteiger partial charge on any atom is 0.410 e. The molecule has 2 aromatic heterocycles. The SMILES string of the molecule is CC(C)(C)OC(=O)N1Cc2cc(Br)cnc2C1.CC(C)(C)OC(=O)N1Cc2cc(N)cnc2C1. The summed E-state index contributed by atoms with van der Waals surface area (Å²) in [6, 6.07) is 3.85. The fourth-order valence-corrected chi connectivity index (χ4v) is 3.80. The highest BCUT2D eigenvalue weighted by molar-refractivity contribution is 9.10. The lowest BCUT2D eigenvalue weighted by atomic mass is 10.2. The molecule has 4 rings (SSSR count). The van der Waals surface area contributed by atoms with E-state index in [9.17, 15) is 9.59 Å². The molecule has 2 aliphatic heterocycles. The van der Waals surface area contributed by atoms with Gasteiger partial charge in [0.15, 0.2) is 0 Å². The molecular weight excluding hydrogens is 502 g/mol. The van der Waals surface area contributed by atoms with Crippen molar-refractivity contribution < 1.29 is 19.1 Å². The van der Waals surface area contributed by atoms with Crippen LogP contribution in [0.15, 0.2) is 29.0 Å². The number of rotatable bonds is 0. The molecule has 0 saturated carbocycles. The van der Waals surface area contributed by atoms with Crippen molar-refractivity contribution in [3.8, 4) is 0 Å². The normalized spacial score (nSPS) is 14.7. The van der Waals surface area contributed by atoms with E-state index in [1.807, 2.05) is 53.7 Å². The van der Waals surface area contributed by atoms with Gasteiger partial charge in [0, 0.05) is 10.7 Å². The van der Waals surface area contributed by atoms with Gasteiger partial charge in [0.1, 0.15) is 11.2 Å². The van der Waals surface area contributed by atoms with Crippen LogP contribution in [0.25, 0.3) is 0 Å². The number of anilines is 1. The van der Waals surface area contributed by atoms with E-state index in [4.69, 9.17) is 15.2 Å². The molecule has 0 spiro atoms. The van der Waals surface area contributed by atoms with E-state index in [1.165, 1.54) is 0 Å². The van der Waals surface area contributed by atoms with Crippen LogP contribution in [-0.4, -0.2) is 43.2 Å². The Morgan fingerprint density at radius 2 is 1.26 bits per heavy atom. The highest BCUT2D eigenvalue weighted by Crippen LogP contribution is 2.26. The molecular formula is C24H32BrN5O4. The van der Waals surface area contributed by atoms with Crippen molar-refractivity contribution >= 4 is 33.8 Å². The fourth-order valence-electron chi connectivity index (χ4n) is 3.42. The Labute approximate surface area is 208 Å². The fraction of sp³-hybridized carbons (Fsp3) is 0.500. The number of amides is 2. The smallest absolute Gasteiger partial charge is 0.410 e. The van der Waals surface area contributed by atoms with E-state index >= 15 is 0 Å². The number of hydrogen-bond donors (Lipinski definition) is 1. The third kappa shape index (κ3) is 7.06. The minimum atomic E-state index is -0.474. The molecule has 0 atom stereocenters. The number of carbonyl (C=O) groups is 2. The molecule has 10 heteroatoms. The lowest BCUT2D eigenvalue weighted by Crippen LogP contribution is -2.33. The molecule has 0 radical (unpaired) electrons. The zero-order chi connectivity index (χ0) is 25.3. The Morgan fingerprint density at radius 1 is 0.824 bits per heavy atom. The predicted octanol–water partition coefficient (Wildman–Crippen LogP) is 5.01. The number of carbonyl (C=O) groups excluding carboxylic acids is 2. The van der Waals surface area contributed by atoms with Gasteiger partial charge in [0.25, 0.3) is 0 Å². The Kier molecular flexibility index (Phi) is 7.40. The molecule has 4 heterocycles. The maximum atomic E-state index is 11.9. The van der Waals surface area contributed by atoms with Crippen LogP contribution >= 0.6 is 15.9 Å². The van der Waals surface area contributed by atoms with Crippen molar-refractivity contribution in [2.24, 2.45) is 0 Å². The van der Waals surface area contributed by atoms with Crippen molar-refractivity contribution in [1.82, 2.24) is 19.8 Å². The van der Waals surface area contributed by atoms with Crippen LogP contribution in [0.5, 0.6) is 0 Å². The van der Waals surface area contributed by atoms with E-state index in [0.717, 1.165) is 27.0 Å². The third-order valence-electron chi connectivity index (χ3n) is 4.81. The molecule has 0 saturated heterocycles. The summed E-state index contributed by atoms with van der Waals surface area (Å²) in [5, 5.41) is 0. The molecule has 184 valence electrons. The molecule has 0 bridgehead atoms. The number of hydrogen-bond acceptors (Lipinski definition) is 7. The molecule has 9 nitrogen and oxygen atoms in total. The lowest BCUT2D eigenvalue weighted by Gasteiger charge is -2.23. The van der Waals surface area contributed by atoms with E-state index in [1.54, 1.807) is 22.2 Å². The number of nitrogens with two attached hydrogens (primary N) is 1. The minimum Gasteiger partial charge on any atom is -0.444 e. The maximum absolute atomic E-state index is 11.9. The number of fused-ring (bicyclic) bond motifs is 2. The Bertz CT molecular complexity index is 993. The van der Waals surface area contributed by atoms with E-state index in [2.05, 4.69) is 25.9 Å². The van der Waals surface area contributed by atoms with E-state index in [-0.39, 0.29) is 12.2 Å². The molecule has 0 aliphatic carbocycles. The first-order valence-corrected chi connectivity index (χ1v) is 11.8. The van der Waals surface area contributed by atoms with Gasteiger partial charge in [-0.1, -0.05) is 0 Å². The van der Waals surface area contributed by atoms with Crippen LogP contribution in [0.1, 0.15) is 64.1 Å². The number of nitrogen functional groups attached to an aromatic ring is 1. The van der Waals surface area contributed by atoms with Crippen molar-refractivity contribution in [2.75, 3.05) is 5.73 Å². The second-order valence-corrected chi connectivity index (χ2v) is 11.2. The standard InChI is InChI=1S/C12H15BrN2O2.C12H17N3O2/c2*1-12(2,3)17-11(16)15-6-8-4-9(13)5-14-10(8)7-15/h4-5H,6-7H2,1-3H3;4-5H,6-7,13H2,1-3H3. The topological polar surface area (TPSA) is 111 Å². The van der Waals surface area contributed by atoms with Gasteiger partial charge in [-0.2, -0.15) is 0 Å². The van der Waals surface area contributed by atoms with Crippen LogP contribution < -0.4 is 5.73 Å². The Morgan fingerprint density at radius 3 is 1.74 bits per heavy atom. The van der Waals surface area contributed by atoms with Gasteiger partial charge in [0.05, 0.1) is 49.5 Å². The van der Waals surface area contributed by atoms with E-state index in [0.29, 0.717) is 31.9 Å². The summed E-state index contributed by atoms with van der Waals surface area (Å²) in [6.07, 6.45) is 2.76. The van der Waals surface area contributed by atoms with Crippen LogP contribution in [0, 0.1) is 0 Å². The summed E-state index contributed by atoms with van der Waals surface area (Å²) in [6.45, 7) is 13.2. The van der Waals surface area contributed by atoms with Gasteiger partial charge >= 0.3 is 12.2 Å².